The molecule has 6 nitrogen and oxygen atoms in total. The highest BCUT2D eigenvalue weighted by atomic mass is 15.1. The lowest BCUT2D eigenvalue weighted by Crippen LogP contribution is -1.98. The molecule has 0 spiro atoms. The zero-order chi connectivity index (χ0) is 13.5. The van der Waals surface area contributed by atoms with Gasteiger partial charge in [0.05, 0.1) is 6.33 Å². The second-order valence-electron chi connectivity index (χ2n) is 4.44. The fourth-order valence-electron chi connectivity index (χ4n) is 2.35. The topological polar surface area (TPSA) is 93.4 Å². The first kappa shape index (κ1) is 10.9. The summed E-state index contributed by atoms with van der Waals surface area (Å²) in [7, 11) is 0. The van der Waals surface area contributed by atoms with Crippen LogP contribution in [0, 0.1) is 0 Å². The summed E-state index contributed by atoms with van der Waals surface area (Å²) in [5, 5.41) is 2.12. The first-order valence-electron chi connectivity index (χ1n) is 6.12. The summed E-state index contributed by atoms with van der Waals surface area (Å²) in [5.41, 5.74) is 8.71. The van der Waals surface area contributed by atoms with Gasteiger partial charge in [0.1, 0.15) is 11.2 Å². The molecule has 6 heteroatoms. The first-order chi connectivity index (χ1) is 9.83. The average Bonchev–Trinajstić information content (AvgIpc) is 2.94. The molecule has 0 amide bonds. The van der Waals surface area contributed by atoms with Crippen LogP contribution in [0.2, 0.25) is 0 Å². The molecule has 1 aromatic carbocycles. The number of aromatic amines is 1. The zero-order valence-electron chi connectivity index (χ0n) is 10.4. The minimum absolute atomic E-state index is 0.201. The summed E-state index contributed by atoms with van der Waals surface area (Å²) in [6.07, 6.45) is 5.19. The quantitative estimate of drug-likeness (QED) is 0.548. The van der Waals surface area contributed by atoms with Crippen molar-refractivity contribution in [3.8, 4) is 11.3 Å². The molecule has 0 radical (unpaired) electrons. The predicted octanol–water partition coefficient (Wildman–Crippen LogP) is 2.15. The molecule has 0 aliphatic rings. The zero-order valence-corrected chi connectivity index (χ0v) is 10.4. The van der Waals surface area contributed by atoms with E-state index in [1.165, 1.54) is 0 Å². The number of hydrogen-bond donors (Lipinski definition) is 2. The number of hydrogen-bond acceptors (Lipinski definition) is 5. The molecule has 96 valence electrons. The Kier molecular flexibility index (Phi) is 2.17. The molecule has 4 rings (SSSR count). The van der Waals surface area contributed by atoms with E-state index in [2.05, 4.69) is 24.9 Å². The Balaban J connectivity index is 2.14. The molecule has 3 N–H and O–H groups in total. The van der Waals surface area contributed by atoms with E-state index in [0.29, 0.717) is 11.3 Å². The molecule has 0 fully saturated rings. The van der Waals surface area contributed by atoms with Crippen molar-refractivity contribution >= 4 is 27.9 Å². The molecule has 3 aromatic heterocycles. The van der Waals surface area contributed by atoms with Gasteiger partial charge in [0.25, 0.3) is 0 Å². The van der Waals surface area contributed by atoms with Gasteiger partial charge < -0.3 is 10.7 Å². The van der Waals surface area contributed by atoms with E-state index in [0.717, 1.165) is 21.9 Å². The molecule has 0 saturated carbocycles. The van der Waals surface area contributed by atoms with Crippen molar-refractivity contribution in [3.05, 3.63) is 43.0 Å². The predicted molar refractivity (Wildman–Crippen MR) is 76.8 cm³/mol. The highest BCUT2D eigenvalue weighted by molar-refractivity contribution is 6.00. The largest absolute Gasteiger partial charge is 0.368 e. The van der Waals surface area contributed by atoms with Gasteiger partial charge in [-0.05, 0) is 5.39 Å². The monoisotopic (exact) mass is 262 g/mol. The fraction of sp³-hybridized carbons (Fsp3) is 0. The molecule has 20 heavy (non-hydrogen) atoms. The van der Waals surface area contributed by atoms with Crippen molar-refractivity contribution in [1.29, 1.82) is 0 Å². The number of rotatable bonds is 1. The van der Waals surface area contributed by atoms with Gasteiger partial charge in [-0.15, -0.1) is 0 Å². The van der Waals surface area contributed by atoms with Crippen molar-refractivity contribution in [1.82, 2.24) is 24.9 Å². The summed E-state index contributed by atoms with van der Waals surface area (Å²) in [6, 6.07) is 8.02. The van der Waals surface area contributed by atoms with Crippen LogP contribution in [0.15, 0.2) is 43.0 Å². The Morgan fingerprint density at radius 1 is 1.05 bits per heavy atom. The minimum Gasteiger partial charge on any atom is -0.368 e. The summed E-state index contributed by atoms with van der Waals surface area (Å²) < 4.78 is 0. The van der Waals surface area contributed by atoms with Crippen LogP contribution in [0.1, 0.15) is 0 Å². The molecule has 0 atom stereocenters. The molecular weight excluding hydrogens is 252 g/mol. The Morgan fingerprint density at radius 2 is 1.95 bits per heavy atom. The molecule has 4 aromatic rings. The molecule has 0 aliphatic carbocycles. The van der Waals surface area contributed by atoms with E-state index in [4.69, 9.17) is 5.73 Å². The van der Waals surface area contributed by atoms with Crippen LogP contribution in [0.3, 0.4) is 0 Å². The maximum absolute atomic E-state index is 5.77. The fourth-order valence-corrected chi connectivity index (χ4v) is 2.35. The Labute approximate surface area is 113 Å². The number of fused-ring (bicyclic) bond motifs is 2. The number of pyridine rings is 1. The number of aromatic nitrogens is 5. The Hall–Kier alpha value is -3.02. The van der Waals surface area contributed by atoms with E-state index in [-0.39, 0.29) is 5.95 Å². The summed E-state index contributed by atoms with van der Waals surface area (Å²) in [4.78, 5) is 19.9. The summed E-state index contributed by atoms with van der Waals surface area (Å²) in [6.45, 7) is 0. The third-order valence-electron chi connectivity index (χ3n) is 3.23. The number of nitrogens with zero attached hydrogens (tertiary/aromatic N) is 4. The number of H-pyrrole nitrogens is 1. The lowest BCUT2D eigenvalue weighted by molar-refractivity contribution is 1.21. The Bertz CT molecular complexity index is 922. The highest BCUT2D eigenvalue weighted by Crippen LogP contribution is 2.30. The second kappa shape index (κ2) is 3.99. The van der Waals surface area contributed by atoms with Crippen molar-refractivity contribution in [2.75, 3.05) is 5.73 Å². The maximum Gasteiger partial charge on any atom is 0.222 e. The van der Waals surface area contributed by atoms with Crippen LogP contribution in [-0.4, -0.2) is 24.9 Å². The number of benzene rings is 1. The lowest BCUT2D eigenvalue weighted by Gasteiger charge is -2.06. The molecule has 0 bridgehead atoms. The molecule has 0 unspecified atom stereocenters. The van der Waals surface area contributed by atoms with Gasteiger partial charge in [-0.1, -0.05) is 24.3 Å². The van der Waals surface area contributed by atoms with Gasteiger partial charge in [0.2, 0.25) is 5.95 Å². The van der Waals surface area contributed by atoms with Gasteiger partial charge in [-0.3, -0.25) is 4.98 Å². The molecule has 3 heterocycles. The highest BCUT2D eigenvalue weighted by Gasteiger charge is 2.13. The smallest absolute Gasteiger partial charge is 0.222 e. The third-order valence-corrected chi connectivity index (χ3v) is 3.23. The third kappa shape index (κ3) is 1.51. The normalized spacial score (nSPS) is 11.2. The number of nitrogens with one attached hydrogen (secondary N) is 1. The van der Waals surface area contributed by atoms with Crippen LogP contribution < -0.4 is 5.73 Å². The number of anilines is 1. The summed E-state index contributed by atoms with van der Waals surface area (Å²) >= 11 is 0. The van der Waals surface area contributed by atoms with Gasteiger partial charge in [0, 0.05) is 23.3 Å². The number of imidazole rings is 1. The molecule has 0 saturated heterocycles. The maximum atomic E-state index is 5.77. The van der Waals surface area contributed by atoms with Gasteiger partial charge >= 0.3 is 0 Å². The van der Waals surface area contributed by atoms with Gasteiger partial charge in [-0.2, -0.15) is 4.98 Å². The van der Waals surface area contributed by atoms with Crippen molar-refractivity contribution in [2.45, 2.75) is 0 Å². The molecular formula is C14H10N6. The van der Waals surface area contributed by atoms with Crippen LogP contribution >= 0.6 is 0 Å². The SMILES string of the molecule is Nc1nc(-c2cncc3ccccc23)c2[nH]cnc2n1. The van der Waals surface area contributed by atoms with E-state index in [1.807, 2.05) is 30.5 Å². The van der Waals surface area contributed by atoms with E-state index in [9.17, 15) is 0 Å². The van der Waals surface area contributed by atoms with Crippen molar-refractivity contribution in [2.24, 2.45) is 0 Å². The molecule has 0 aliphatic heterocycles. The van der Waals surface area contributed by atoms with Crippen LogP contribution in [0.5, 0.6) is 0 Å². The van der Waals surface area contributed by atoms with Crippen molar-refractivity contribution in [3.63, 3.8) is 0 Å². The van der Waals surface area contributed by atoms with Crippen LogP contribution in [0.4, 0.5) is 5.95 Å². The van der Waals surface area contributed by atoms with E-state index in [1.54, 1.807) is 12.5 Å². The van der Waals surface area contributed by atoms with Crippen LogP contribution in [0.25, 0.3) is 33.2 Å². The van der Waals surface area contributed by atoms with E-state index < -0.39 is 0 Å². The lowest BCUT2D eigenvalue weighted by atomic mass is 10.0. The number of nitrogens with two attached hydrogens (primary N) is 1. The minimum atomic E-state index is 0.201. The van der Waals surface area contributed by atoms with Crippen LogP contribution in [-0.2, 0) is 0 Å². The van der Waals surface area contributed by atoms with Gasteiger partial charge in [-0.25, -0.2) is 9.97 Å². The second-order valence-corrected chi connectivity index (χ2v) is 4.44. The van der Waals surface area contributed by atoms with E-state index >= 15 is 0 Å². The standard InChI is InChI=1S/C14H10N6/c15-14-19-11(12-13(20-14)18-7-17-12)10-6-16-5-8-3-1-2-4-9(8)10/h1-7H,(H3,15,17,18,19,20). The average molecular weight is 262 g/mol. The first-order valence-corrected chi connectivity index (χ1v) is 6.12. The Morgan fingerprint density at radius 3 is 2.90 bits per heavy atom. The van der Waals surface area contributed by atoms with Gasteiger partial charge in [0.15, 0.2) is 5.65 Å². The number of nitrogen functional groups attached to an aromatic ring is 1. The van der Waals surface area contributed by atoms with Crippen molar-refractivity contribution < 1.29 is 0 Å². The summed E-state index contributed by atoms with van der Waals surface area (Å²) in [5.74, 6) is 0.201.